The lowest BCUT2D eigenvalue weighted by Crippen LogP contribution is -1.83. The van der Waals surface area contributed by atoms with Crippen LogP contribution in [0.2, 0.25) is 0 Å². The predicted molar refractivity (Wildman–Crippen MR) is 43.5 cm³/mol. The highest BCUT2D eigenvalue weighted by Crippen LogP contribution is 1.90. The first-order valence-corrected chi connectivity index (χ1v) is 3.65. The highest BCUT2D eigenvalue weighted by atomic mass is 16.5. The molecule has 0 aromatic carbocycles. The van der Waals surface area contributed by atoms with Crippen LogP contribution in [0.5, 0.6) is 0 Å². The molecule has 0 fully saturated rings. The molecule has 0 heterocycles. The molecule has 0 spiro atoms. The van der Waals surface area contributed by atoms with Crippen molar-refractivity contribution in [3.8, 4) is 11.8 Å². The standard InChI is InChI=1S/C9H15O/c1-3-4-5-6-7-8-9-10-2/h1,3-5,8-9H2,2H3. The van der Waals surface area contributed by atoms with Crippen LogP contribution in [0, 0.1) is 18.8 Å². The average Bonchev–Trinajstić information content (AvgIpc) is 1.97. The molecule has 0 aliphatic carbocycles. The van der Waals surface area contributed by atoms with Gasteiger partial charge in [-0.2, -0.15) is 0 Å². The number of hydrogen-bond acceptors (Lipinski definition) is 1. The van der Waals surface area contributed by atoms with Gasteiger partial charge < -0.3 is 4.74 Å². The van der Waals surface area contributed by atoms with Gasteiger partial charge in [0.25, 0.3) is 0 Å². The minimum absolute atomic E-state index is 0.747. The Labute approximate surface area is 63.8 Å². The van der Waals surface area contributed by atoms with Gasteiger partial charge >= 0.3 is 0 Å². The third kappa shape index (κ3) is 7.52. The van der Waals surface area contributed by atoms with Gasteiger partial charge in [0.2, 0.25) is 0 Å². The van der Waals surface area contributed by atoms with Crippen molar-refractivity contribution in [2.24, 2.45) is 0 Å². The summed E-state index contributed by atoms with van der Waals surface area (Å²) < 4.78 is 4.83. The van der Waals surface area contributed by atoms with Crippen molar-refractivity contribution < 1.29 is 4.74 Å². The van der Waals surface area contributed by atoms with Gasteiger partial charge in [-0.05, 0) is 6.42 Å². The maximum atomic E-state index is 4.83. The fourth-order valence-corrected chi connectivity index (χ4v) is 0.543. The van der Waals surface area contributed by atoms with E-state index in [0.717, 1.165) is 32.3 Å². The van der Waals surface area contributed by atoms with E-state index in [2.05, 4.69) is 18.8 Å². The summed E-state index contributed by atoms with van der Waals surface area (Å²) in [6.07, 6.45) is 3.93. The number of methoxy groups -OCH3 is 1. The van der Waals surface area contributed by atoms with Gasteiger partial charge in [-0.25, -0.2) is 0 Å². The third-order valence-electron chi connectivity index (χ3n) is 1.11. The lowest BCUT2D eigenvalue weighted by molar-refractivity contribution is 0.206. The highest BCUT2D eigenvalue weighted by Gasteiger charge is 1.77. The van der Waals surface area contributed by atoms with E-state index in [1.165, 1.54) is 0 Å². The zero-order valence-electron chi connectivity index (χ0n) is 6.65. The van der Waals surface area contributed by atoms with E-state index < -0.39 is 0 Å². The number of rotatable bonds is 4. The minimum atomic E-state index is 0.747. The minimum Gasteiger partial charge on any atom is -0.384 e. The Morgan fingerprint density at radius 1 is 1.30 bits per heavy atom. The zero-order chi connectivity index (χ0) is 7.66. The van der Waals surface area contributed by atoms with Crippen molar-refractivity contribution in [2.75, 3.05) is 13.7 Å². The second-order valence-corrected chi connectivity index (χ2v) is 2.05. The van der Waals surface area contributed by atoms with E-state index in [4.69, 9.17) is 4.74 Å². The van der Waals surface area contributed by atoms with E-state index in [9.17, 15) is 0 Å². The molecule has 0 N–H and O–H groups in total. The molecule has 0 aromatic heterocycles. The van der Waals surface area contributed by atoms with Crippen LogP contribution in [-0.4, -0.2) is 13.7 Å². The molecule has 57 valence electrons. The van der Waals surface area contributed by atoms with Crippen molar-refractivity contribution in [1.29, 1.82) is 0 Å². The van der Waals surface area contributed by atoms with E-state index in [1.807, 2.05) is 0 Å². The molecule has 0 bridgehead atoms. The quantitative estimate of drug-likeness (QED) is 0.428. The maximum Gasteiger partial charge on any atom is 0.0571 e. The smallest absolute Gasteiger partial charge is 0.0571 e. The molecule has 0 aromatic rings. The molecule has 10 heavy (non-hydrogen) atoms. The summed E-state index contributed by atoms with van der Waals surface area (Å²) in [7, 11) is 1.69. The lowest BCUT2D eigenvalue weighted by atomic mass is 10.2. The summed E-state index contributed by atoms with van der Waals surface area (Å²) in [5, 5.41) is 0. The first-order chi connectivity index (χ1) is 4.91. The van der Waals surface area contributed by atoms with Gasteiger partial charge in [0.15, 0.2) is 0 Å². The van der Waals surface area contributed by atoms with Crippen LogP contribution in [0.3, 0.4) is 0 Å². The largest absolute Gasteiger partial charge is 0.384 e. The number of hydrogen-bond donors (Lipinski definition) is 0. The normalized spacial score (nSPS) is 8.60. The molecular formula is C9H15O. The van der Waals surface area contributed by atoms with Gasteiger partial charge in [0, 0.05) is 20.0 Å². The first kappa shape index (κ1) is 9.52. The average molecular weight is 139 g/mol. The van der Waals surface area contributed by atoms with E-state index in [1.54, 1.807) is 7.11 Å². The molecule has 0 aliphatic rings. The summed E-state index contributed by atoms with van der Waals surface area (Å²) in [5.41, 5.74) is 0. The SMILES string of the molecule is [CH2]CCCC#CCCOC. The molecule has 1 heteroatoms. The Balaban J connectivity index is 2.98. The van der Waals surface area contributed by atoms with Gasteiger partial charge in [-0.3, -0.25) is 0 Å². The van der Waals surface area contributed by atoms with Gasteiger partial charge in [-0.1, -0.05) is 13.3 Å². The molecule has 0 aliphatic heterocycles. The molecular weight excluding hydrogens is 124 g/mol. The fraction of sp³-hybridized carbons (Fsp3) is 0.667. The number of unbranched alkanes of at least 4 members (excludes halogenated alkanes) is 2. The highest BCUT2D eigenvalue weighted by molar-refractivity contribution is 4.98. The summed E-state index contributed by atoms with van der Waals surface area (Å²) >= 11 is 0. The Hall–Kier alpha value is -0.480. The molecule has 0 unspecified atom stereocenters. The molecule has 1 radical (unpaired) electrons. The molecule has 0 amide bonds. The van der Waals surface area contributed by atoms with Crippen LogP contribution in [0.25, 0.3) is 0 Å². The summed E-state index contributed by atoms with van der Waals surface area (Å²) in [6.45, 7) is 4.47. The monoisotopic (exact) mass is 139 g/mol. The Morgan fingerprint density at radius 3 is 2.60 bits per heavy atom. The lowest BCUT2D eigenvalue weighted by Gasteiger charge is -1.87. The molecule has 0 saturated heterocycles. The predicted octanol–water partition coefficient (Wildman–Crippen LogP) is 2.03. The van der Waals surface area contributed by atoms with Crippen LogP contribution < -0.4 is 0 Å². The van der Waals surface area contributed by atoms with Crippen LogP contribution in [0.1, 0.15) is 25.7 Å². The number of ether oxygens (including phenoxy) is 1. The summed E-state index contributed by atoms with van der Waals surface area (Å²) in [5.74, 6) is 6.07. The molecule has 0 rings (SSSR count). The van der Waals surface area contributed by atoms with Crippen molar-refractivity contribution in [3.05, 3.63) is 6.92 Å². The van der Waals surface area contributed by atoms with Crippen molar-refractivity contribution in [3.63, 3.8) is 0 Å². The molecule has 0 saturated carbocycles. The molecule has 0 atom stereocenters. The van der Waals surface area contributed by atoms with E-state index in [-0.39, 0.29) is 0 Å². The maximum absolute atomic E-state index is 4.83. The van der Waals surface area contributed by atoms with E-state index >= 15 is 0 Å². The van der Waals surface area contributed by atoms with E-state index in [0.29, 0.717) is 0 Å². The first-order valence-electron chi connectivity index (χ1n) is 3.65. The summed E-state index contributed by atoms with van der Waals surface area (Å²) in [4.78, 5) is 0. The van der Waals surface area contributed by atoms with Crippen molar-refractivity contribution >= 4 is 0 Å². The van der Waals surface area contributed by atoms with Crippen LogP contribution in [0.4, 0.5) is 0 Å². The topological polar surface area (TPSA) is 9.23 Å². The van der Waals surface area contributed by atoms with Crippen LogP contribution >= 0.6 is 0 Å². The van der Waals surface area contributed by atoms with Gasteiger partial charge in [0.1, 0.15) is 0 Å². The molecule has 1 nitrogen and oxygen atoms in total. The zero-order valence-corrected chi connectivity index (χ0v) is 6.65. The van der Waals surface area contributed by atoms with Crippen LogP contribution in [-0.2, 0) is 4.74 Å². The van der Waals surface area contributed by atoms with Crippen molar-refractivity contribution in [2.45, 2.75) is 25.7 Å². The Bertz CT molecular complexity index is 95.6. The third-order valence-corrected chi connectivity index (χ3v) is 1.11. The Morgan fingerprint density at radius 2 is 2.00 bits per heavy atom. The van der Waals surface area contributed by atoms with Crippen LogP contribution in [0.15, 0.2) is 0 Å². The van der Waals surface area contributed by atoms with Gasteiger partial charge in [-0.15, -0.1) is 11.8 Å². The Kier molecular flexibility index (Phi) is 8.11. The summed E-state index contributed by atoms with van der Waals surface area (Å²) in [6, 6.07) is 0. The van der Waals surface area contributed by atoms with Crippen molar-refractivity contribution in [1.82, 2.24) is 0 Å². The second-order valence-electron chi connectivity index (χ2n) is 2.05. The second kappa shape index (κ2) is 8.52. The fourth-order valence-electron chi connectivity index (χ4n) is 0.543. The van der Waals surface area contributed by atoms with Gasteiger partial charge in [0.05, 0.1) is 6.61 Å².